The first-order valence-electron chi connectivity index (χ1n) is 7.22. The molecule has 1 N–H and O–H groups in total. The smallest absolute Gasteiger partial charge is 0.249 e. The number of ether oxygens (including phenoxy) is 1. The molecule has 3 rings (SSSR count). The van der Waals surface area contributed by atoms with Gasteiger partial charge in [0.05, 0.1) is 0 Å². The molecule has 0 spiro atoms. The van der Waals surface area contributed by atoms with Crippen molar-refractivity contribution in [3.63, 3.8) is 0 Å². The van der Waals surface area contributed by atoms with Crippen molar-refractivity contribution in [3.8, 4) is 5.69 Å². The Morgan fingerprint density at radius 2 is 2.24 bits per heavy atom. The first-order valence-corrected chi connectivity index (χ1v) is 7.22. The number of hydrogen-bond acceptors (Lipinski definition) is 3. The molecule has 0 radical (unpaired) electrons. The van der Waals surface area contributed by atoms with E-state index in [4.69, 9.17) is 4.74 Å². The average Bonchev–Trinajstić information content (AvgIpc) is 3.17. The Morgan fingerprint density at radius 1 is 1.43 bits per heavy atom. The number of carbonyl (C=O) groups is 1. The number of rotatable bonds is 4. The van der Waals surface area contributed by atoms with Gasteiger partial charge in [-0.3, -0.25) is 4.79 Å². The van der Waals surface area contributed by atoms with Crippen LogP contribution >= 0.6 is 0 Å². The fourth-order valence-electron chi connectivity index (χ4n) is 2.51. The third kappa shape index (κ3) is 3.13. The largest absolute Gasteiger partial charge is 0.368 e. The SMILES string of the molecule is Cc1nccn1-c1ccc(CNC(=O)C2CCCO2)cc1. The molecule has 5 nitrogen and oxygen atoms in total. The molecule has 5 heteroatoms. The number of benzene rings is 1. The lowest BCUT2D eigenvalue weighted by atomic mass is 10.2. The van der Waals surface area contributed by atoms with Gasteiger partial charge in [0.15, 0.2) is 0 Å². The van der Waals surface area contributed by atoms with Gasteiger partial charge in [0, 0.05) is 31.2 Å². The standard InChI is InChI=1S/C16H19N3O2/c1-12-17-8-9-19(12)14-6-4-13(5-7-14)11-18-16(20)15-3-2-10-21-15/h4-9,15H,2-3,10-11H2,1H3,(H,18,20). The molecule has 0 saturated carbocycles. The minimum Gasteiger partial charge on any atom is -0.368 e. The second-order valence-electron chi connectivity index (χ2n) is 5.23. The fraction of sp³-hybridized carbons (Fsp3) is 0.375. The lowest BCUT2D eigenvalue weighted by Gasteiger charge is -2.11. The minimum atomic E-state index is -0.266. The fourth-order valence-corrected chi connectivity index (χ4v) is 2.51. The molecule has 1 aromatic heterocycles. The zero-order valence-electron chi connectivity index (χ0n) is 12.1. The molecule has 1 fully saturated rings. The van der Waals surface area contributed by atoms with Crippen molar-refractivity contribution in [3.05, 3.63) is 48.0 Å². The van der Waals surface area contributed by atoms with E-state index in [1.165, 1.54) is 0 Å². The maximum Gasteiger partial charge on any atom is 0.249 e. The van der Waals surface area contributed by atoms with Crippen molar-refractivity contribution in [1.29, 1.82) is 0 Å². The molecule has 1 unspecified atom stereocenters. The molecule has 1 saturated heterocycles. The maximum atomic E-state index is 11.9. The average molecular weight is 285 g/mol. The van der Waals surface area contributed by atoms with Crippen molar-refractivity contribution >= 4 is 5.91 Å². The second kappa shape index (κ2) is 6.10. The van der Waals surface area contributed by atoms with Crippen molar-refractivity contribution in [1.82, 2.24) is 14.9 Å². The topological polar surface area (TPSA) is 56.2 Å². The molecule has 21 heavy (non-hydrogen) atoms. The summed E-state index contributed by atoms with van der Waals surface area (Å²) in [6, 6.07) is 8.10. The highest BCUT2D eigenvalue weighted by molar-refractivity contribution is 5.80. The lowest BCUT2D eigenvalue weighted by Crippen LogP contribution is -2.33. The summed E-state index contributed by atoms with van der Waals surface area (Å²) in [5, 5.41) is 2.92. The summed E-state index contributed by atoms with van der Waals surface area (Å²) < 4.78 is 7.38. The number of nitrogens with one attached hydrogen (secondary N) is 1. The summed E-state index contributed by atoms with van der Waals surface area (Å²) in [5.41, 5.74) is 2.14. The number of hydrogen-bond donors (Lipinski definition) is 1. The number of amides is 1. The molecule has 1 amide bonds. The van der Waals surface area contributed by atoms with E-state index in [1.54, 1.807) is 6.20 Å². The van der Waals surface area contributed by atoms with Crippen LogP contribution in [0.1, 0.15) is 24.2 Å². The van der Waals surface area contributed by atoms with Crippen LogP contribution in [0.25, 0.3) is 5.69 Å². The predicted octanol–water partition coefficient (Wildman–Crippen LogP) is 1.98. The van der Waals surface area contributed by atoms with E-state index in [0.717, 1.165) is 29.9 Å². The van der Waals surface area contributed by atoms with Crippen molar-refractivity contribution in [2.24, 2.45) is 0 Å². The Bertz CT molecular complexity index is 613. The summed E-state index contributed by atoms with van der Waals surface area (Å²) in [6.45, 7) is 3.19. The Balaban J connectivity index is 1.60. The summed E-state index contributed by atoms with van der Waals surface area (Å²) in [6.07, 6.45) is 5.24. The van der Waals surface area contributed by atoms with Gasteiger partial charge in [0.2, 0.25) is 5.91 Å². The van der Waals surface area contributed by atoms with Crippen molar-refractivity contribution in [2.45, 2.75) is 32.4 Å². The van der Waals surface area contributed by atoms with E-state index in [0.29, 0.717) is 13.2 Å². The Labute approximate surface area is 124 Å². The normalized spacial score (nSPS) is 17.9. The van der Waals surface area contributed by atoms with Crippen LogP contribution in [0.4, 0.5) is 0 Å². The number of imidazole rings is 1. The van der Waals surface area contributed by atoms with Crippen LogP contribution in [0.15, 0.2) is 36.7 Å². The van der Waals surface area contributed by atoms with Crippen LogP contribution in [0.3, 0.4) is 0 Å². The van der Waals surface area contributed by atoms with Gasteiger partial charge in [0.1, 0.15) is 11.9 Å². The molecule has 0 bridgehead atoms. The molecule has 2 aromatic rings. The lowest BCUT2D eigenvalue weighted by molar-refractivity contribution is -0.130. The Kier molecular flexibility index (Phi) is 4.01. The van der Waals surface area contributed by atoms with Crippen LogP contribution in [-0.2, 0) is 16.1 Å². The van der Waals surface area contributed by atoms with Gasteiger partial charge in [-0.25, -0.2) is 4.98 Å². The van der Waals surface area contributed by atoms with Gasteiger partial charge in [-0.05, 0) is 37.5 Å². The van der Waals surface area contributed by atoms with E-state index in [-0.39, 0.29) is 12.0 Å². The summed E-state index contributed by atoms with van der Waals surface area (Å²) >= 11 is 0. The van der Waals surface area contributed by atoms with Gasteiger partial charge >= 0.3 is 0 Å². The van der Waals surface area contributed by atoms with E-state index in [9.17, 15) is 4.79 Å². The molecular weight excluding hydrogens is 266 g/mol. The first-order chi connectivity index (χ1) is 10.2. The van der Waals surface area contributed by atoms with E-state index < -0.39 is 0 Å². The molecule has 1 aliphatic rings. The number of carbonyl (C=O) groups excluding carboxylic acids is 1. The third-order valence-corrected chi connectivity index (χ3v) is 3.73. The zero-order chi connectivity index (χ0) is 14.7. The van der Waals surface area contributed by atoms with Crippen molar-refractivity contribution in [2.75, 3.05) is 6.61 Å². The van der Waals surface area contributed by atoms with E-state index in [1.807, 2.05) is 42.0 Å². The van der Waals surface area contributed by atoms with Crippen LogP contribution in [0.5, 0.6) is 0 Å². The number of aryl methyl sites for hydroxylation is 1. The summed E-state index contributed by atoms with van der Waals surface area (Å²) in [7, 11) is 0. The van der Waals surface area contributed by atoms with Gasteiger partial charge in [0.25, 0.3) is 0 Å². The number of aromatic nitrogens is 2. The van der Waals surface area contributed by atoms with Gasteiger partial charge < -0.3 is 14.6 Å². The minimum absolute atomic E-state index is 0.0120. The number of nitrogens with zero attached hydrogens (tertiary/aromatic N) is 2. The molecular formula is C16H19N3O2. The third-order valence-electron chi connectivity index (χ3n) is 3.73. The molecule has 1 aliphatic heterocycles. The first kappa shape index (κ1) is 13.8. The van der Waals surface area contributed by atoms with E-state index >= 15 is 0 Å². The molecule has 110 valence electrons. The van der Waals surface area contributed by atoms with Gasteiger partial charge in [-0.1, -0.05) is 12.1 Å². The highest BCUT2D eigenvalue weighted by atomic mass is 16.5. The highest BCUT2D eigenvalue weighted by Gasteiger charge is 2.22. The maximum absolute atomic E-state index is 11.9. The van der Waals surface area contributed by atoms with Crippen LogP contribution in [0, 0.1) is 6.92 Å². The van der Waals surface area contributed by atoms with Crippen LogP contribution < -0.4 is 5.32 Å². The quantitative estimate of drug-likeness (QED) is 0.934. The monoisotopic (exact) mass is 285 g/mol. The highest BCUT2D eigenvalue weighted by Crippen LogP contribution is 2.13. The van der Waals surface area contributed by atoms with Gasteiger partial charge in [-0.15, -0.1) is 0 Å². The Morgan fingerprint density at radius 3 is 2.86 bits per heavy atom. The predicted molar refractivity (Wildman–Crippen MR) is 79.1 cm³/mol. The van der Waals surface area contributed by atoms with Crippen molar-refractivity contribution < 1.29 is 9.53 Å². The van der Waals surface area contributed by atoms with E-state index in [2.05, 4.69) is 10.3 Å². The zero-order valence-corrected chi connectivity index (χ0v) is 12.1. The summed E-state index contributed by atoms with van der Waals surface area (Å²) in [5.74, 6) is 0.941. The molecule has 1 atom stereocenters. The van der Waals surface area contributed by atoms with Crippen LogP contribution in [0.2, 0.25) is 0 Å². The summed E-state index contributed by atoms with van der Waals surface area (Å²) in [4.78, 5) is 16.1. The molecule has 1 aromatic carbocycles. The van der Waals surface area contributed by atoms with Crippen LogP contribution in [-0.4, -0.2) is 28.2 Å². The Hall–Kier alpha value is -2.14. The molecule has 0 aliphatic carbocycles. The van der Waals surface area contributed by atoms with Gasteiger partial charge in [-0.2, -0.15) is 0 Å². The molecule has 2 heterocycles. The second-order valence-corrected chi connectivity index (χ2v) is 5.23.